The molecule has 3 N–H and O–H groups in total. The van der Waals surface area contributed by atoms with Crippen molar-refractivity contribution in [2.24, 2.45) is 0 Å². The summed E-state index contributed by atoms with van der Waals surface area (Å²) in [5.41, 5.74) is 5.72. The average molecular weight is 620 g/mol. The van der Waals surface area contributed by atoms with Gasteiger partial charge in [0.1, 0.15) is 5.01 Å². The van der Waals surface area contributed by atoms with E-state index < -0.39 is 12.3 Å². The Labute approximate surface area is 258 Å². The molecule has 3 aromatic carbocycles. The molecule has 11 heteroatoms. The third kappa shape index (κ3) is 8.71. The Bertz CT molecular complexity index is 1530. The summed E-state index contributed by atoms with van der Waals surface area (Å²) in [7, 11) is 0. The van der Waals surface area contributed by atoms with E-state index >= 15 is 0 Å². The molecule has 1 aliphatic rings. The van der Waals surface area contributed by atoms with Crippen LogP contribution in [0.1, 0.15) is 58.9 Å². The highest BCUT2D eigenvalue weighted by Gasteiger charge is 2.32. The molecule has 9 nitrogen and oxygen atoms in total. The zero-order valence-electron chi connectivity index (χ0n) is 23.6. The van der Waals surface area contributed by atoms with Gasteiger partial charge in [-0.3, -0.25) is 9.59 Å². The van der Waals surface area contributed by atoms with Gasteiger partial charge in [-0.05, 0) is 40.8 Å². The lowest BCUT2D eigenvalue weighted by Gasteiger charge is -2.36. The zero-order chi connectivity index (χ0) is 30.2. The SMILES string of the molecule is Cc1nnc(SCC2CC(c3ccc(CO)cc3)OC(c3ccc(-c4cccc(CNC(=O)CCC(=O)O)c4)cc3)O2)s1. The first-order chi connectivity index (χ1) is 20.9. The minimum atomic E-state index is -0.991. The number of rotatable bonds is 12. The van der Waals surface area contributed by atoms with Crippen molar-refractivity contribution in [2.45, 2.75) is 62.2 Å². The highest BCUT2D eigenvalue weighted by atomic mass is 32.2. The molecule has 0 bridgehead atoms. The lowest BCUT2D eigenvalue weighted by molar-refractivity contribution is -0.245. The molecule has 3 atom stereocenters. The second-order valence-electron chi connectivity index (χ2n) is 10.2. The maximum atomic E-state index is 11.9. The first-order valence-electron chi connectivity index (χ1n) is 14.0. The highest BCUT2D eigenvalue weighted by Crippen LogP contribution is 2.40. The number of hydrogen-bond donors (Lipinski definition) is 3. The van der Waals surface area contributed by atoms with Crippen LogP contribution in [0, 0.1) is 6.92 Å². The number of carbonyl (C=O) groups is 2. The van der Waals surface area contributed by atoms with Crippen molar-refractivity contribution in [1.29, 1.82) is 0 Å². The normalized spacial score (nSPS) is 18.3. The van der Waals surface area contributed by atoms with E-state index in [0.717, 1.165) is 48.5 Å². The minimum Gasteiger partial charge on any atom is -0.481 e. The number of ether oxygens (including phenoxy) is 2. The Morgan fingerprint density at radius 3 is 2.42 bits per heavy atom. The summed E-state index contributed by atoms with van der Waals surface area (Å²) in [6.45, 7) is 2.26. The van der Waals surface area contributed by atoms with Crippen LogP contribution in [0.3, 0.4) is 0 Å². The first kappa shape index (κ1) is 30.8. The fourth-order valence-corrected chi connectivity index (χ4v) is 6.59. The van der Waals surface area contributed by atoms with Crippen LogP contribution in [0.15, 0.2) is 77.1 Å². The highest BCUT2D eigenvalue weighted by molar-refractivity contribution is 8.01. The molecule has 1 amide bonds. The number of thioether (sulfide) groups is 1. The Balaban J connectivity index is 1.28. The van der Waals surface area contributed by atoms with Gasteiger partial charge in [0.05, 0.1) is 25.2 Å². The molecular formula is C32H33N3O6S2. The lowest BCUT2D eigenvalue weighted by Crippen LogP contribution is -2.31. The smallest absolute Gasteiger partial charge is 0.303 e. The monoisotopic (exact) mass is 619 g/mol. The number of amides is 1. The number of carbonyl (C=O) groups excluding carboxylic acids is 1. The number of aromatic nitrogens is 2. The molecular weight excluding hydrogens is 587 g/mol. The van der Waals surface area contributed by atoms with Crippen LogP contribution in [0.4, 0.5) is 0 Å². The summed E-state index contributed by atoms with van der Waals surface area (Å²) >= 11 is 3.21. The van der Waals surface area contributed by atoms with E-state index in [1.807, 2.05) is 79.7 Å². The van der Waals surface area contributed by atoms with Crippen LogP contribution < -0.4 is 5.32 Å². The van der Waals surface area contributed by atoms with Crippen molar-refractivity contribution < 1.29 is 29.3 Å². The molecule has 4 aromatic rings. The number of nitrogens with zero attached hydrogens (tertiary/aromatic N) is 2. The zero-order valence-corrected chi connectivity index (χ0v) is 25.3. The molecule has 0 radical (unpaired) electrons. The topological polar surface area (TPSA) is 131 Å². The van der Waals surface area contributed by atoms with E-state index in [1.165, 1.54) is 0 Å². The predicted molar refractivity (Wildman–Crippen MR) is 164 cm³/mol. The van der Waals surface area contributed by atoms with Crippen LogP contribution in [-0.4, -0.2) is 44.1 Å². The van der Waals surface area contributed by atoms with E-state index in [2.05, 4.69) is 15.5 Å². The number of benzene rings is 3. The largest absolute Gasteiger partial charge is 0.481 e. The van der Waals surface area contributed by atoms with Crippen LogP contribution in [0.25, 0.3) is 11.1 Å². The van der Waals surface area contributed by atoms with Gasteiger partial charge in [0.25, 0.3) is 0 Å². The fraction of sp³-hybridized carbons (Fsp3) is 0.312. The number of aliphatic carboxylic acids is 1. The molecule has 5 rings (SSSR count). The maximum absolute atomic E-state index is 11.9. The number of aliphatic hydroxyl groups excluding tert-OH is 1. The van der Waals surface area contributed by atoms with Crippen LogP contribution >= 0.6 is 23.1 Å². The van der Waals surface area contributed by atoms with Gasteiger partial charge in [-0.2, -0.15) is 0 Å². The molecule has 0 aliphatic carbocycles. The van der Waals surface area contributed by atoms with Crippen molar-refractivity contribution in [3.63, 3.8) is 0 Å². The van der Waals surface area contributed by atoms with E-state index in [4.69, 9.17) is 14.6 Å². The lowest BCUT2D eigenvalue weighted by atomic mass is 9.99. The number of nitrogens with one attached hydrogen (secondary N) is 1. The summed E-state index contributed by atoms with van der Waals surface area (Å²) in [5, 5.41) is 30.3. The Hall–Kier alpha value is -3.61. The number of hydrogen-bond acceptors (Lipinski definition) is 9. The fourth-order valence-electron chi connectivity index (χ4n) is 4.73. The Morgan fingerprint density at radius 2 is 1.72 bits per heavy atom. The van der Waals surface area contributed by atoms with Crippen LogP contribution in [-0.2, 0) is 32.2 Å². The van der Waals surface area contributed by atoms with Gasteiger partial charge in [-0.1, -0.05) is 89.8 Å². The predicted octanol–water partition coefficient (Wildman–Crippen LogP) is 5.82. The first-order valence-corrected chi connectivity index (χ1v) is 15.8. The van der Waals surface area contributed by atoms with Gasteiger partial charge in [0.15, 0.2) is 10.6 Å². The molecule has 0 saturated carbocycles. The van der Waals surface area contributed by atoms with Gasteiger partial charge in [-0.15, -0.1) is 10.2 Å². The Kier molecular flexibility index (Phi) is 10.6. The van der Waals surface area contributed by atoms with Gasteiger partial charge in [0, 0.05) is 30.7 Å². The van der Waals surface area contributed by atoms with E-state index in [0.29, 0.717) is 13.0 Å². The maximum Gasteiger partial charge on any atom is 0.303 e. The molecule has 3 unspecified atom stereocenters. The van der Waals surface area contributed by atoms with Crippen molar-refractivity contribution in [3.05, 3.63) is 100 Å². The van der Waals surface area contributed by atoms with Gasteiger partial charge < -0.3 is 25.0 Å². The second kappa shape index (κ2) is 14.7. The number of carboxylic acids is 1. The molecule has 1 aromatic heterocycles. The summed E-state index contributed by atoms with van der Waals surface area (Å²) in [6, 6.07) is 23.8. The average Bonchev–Trinajstić information content (AvgIpc) is 3.46. The third-order valence-corrected chi connectivity index (χ3v) is 9.12. The molecule has 1 fully saturated rings. The van der Waals surface area contributed by atoms with E-state index in [9.17, 15) is 14.7 Å². The third-order valence-electron chi connectivity index (χ3n) is 7.01. The van der Waals surface area contributed by atoms with Crippen molar-refractivity contribution in [1.82, 2.24) is 15.5 Å². The quantitative estimate of drug-likeness (QED) is 0.168. The summed E-state index contributed by atoms with van der Waals surface area (Å²) in [4.78, 5) is 22.6. The molecule has 2 heterocycles. The van der Waals surface area contributed by atoms with Crippen LogP contribution in [0.2, 0.25) is 0 Å². The van der Waals surface area contributed by atoms with E-state index in [-0.39, 0.29) is 37.6 Å². The van der Waals surface area contributed by atoms with E-state index in [1.54, 1.807) is 23.1 Å². The number of carboxylic acid groups (broad SMARTS) is 1. The van der Waals surface area contributed by atoms with Crippen molar-refractivity contribution >= 4 is 35.0 Å². The molecule has 1 aliphatic heterocycles. The summed E-state index contributed by atoms with van der Waals surface area (Å²) < 4.78 is 13.8. The standard InChI is InChI=1S/C32H33N3O6S2/c1-20-34-35-32(43-20)42-19-27-16-28(24-7-5-21(18-36)6-8-24)41-31(40-27)25-11-9-23(10-12-25)26-4-2-3-22(15-26)17-33-29(37)13-14-30(38)39/h2-12,15,27-28,31,36H,13-14,16-19H2,1H3,(H,33,37)(H,38,39). The van der Waals surface area contributed by atoms with Crippen molar-refractivity contribution in [3.8, 4) is 11.1 Å². The van der Waals surface area contributed by atoms with Gasteiger partial charge in [-0.25, -0.2) is 0 Å². The summed E-state index contributed by atoms with van der Waals surface area (Å²) in [6.07, 6.45) is -0.339. The molecule has 43 heavy (non-hydrogen) atoms. The Morgan fingerprint density at radius 1 is 0.953 bits per heavy atom. The van der Waals surface area contributed by atoms with Crippen LogP contribution in [0.5, 0.6) is 0 Å². The van der Waals surface area contributed by atoms with Gasteiger partial charge in [0.2, 0.25) is 5.91 Å². The van der Waals surface area contributed by atoms with Crippen molar-refractivity contribution in [2.75, 3.05) is 5.75 Å². The number of aryl methyl sites for hydroxylation is 1. The van der Waals surface area contributed by atoms with Gasteiger partial charge >= 0.3 is 5.97 Å². The summed E-state index contributed by atoms with van der Waals surface area (Å²) in [5.74, 6) is -0.561. The minimum absolute atomic E-state index is 0.00520. The second-order valence-corrected chi connectivity index (χ2v) is 12.7. The number of aliphatic hydroxyl groups is 1. The molecule has 0 spiro atoms. The molecule has 224 valence electrons. The molecule has 1 saturated heterocycles.